The van der Waals surface area contributed by atoms with E-state index < -0.39 is 0 Å². The molecule has 2 aromatic carbocycles. The van der Waals surface area contributed by atoms with Crippen molar-refractivity contribution in [3.05, 3.63) is 69.0 Å². The Morgan fingerprint density at radius 3 is 2.39 bits per heavy atom. The zero-order valence-electron chi connectivity index (χ0n) is 15.7. The van der Waals surface area contributed by atoms with Crippen LogP contribution in [0.1, 0.15) is 36.2 Å². The highest BCUT2D eigenvalue weighted by Crippen LogP contribution is 2.25. The maximum absolute atomic E-state index is 12.5. The van der Waals surface area contributed by atoms with Crippen molar-refractivity contribution < 1.29 is 14.7 Å². The van der Waals surface area contributed by atoms with Gasteiger partial charge < -0.3 is 10.4 Å². The predicted molar refractivity (Wildman–Crippen MR) is 113 cm³/mol. The molecule has 0 saturated heterocycles. The van der Waals surface area contributed by atoms with Crippen LogP contribution in [-0.2, 0) is 4.79 Å². The van der Waals surface area contributed by atoms with Gasteiger partial charge in [-0.2, -0.15) is 0 Å². The van der Waals surface area contributed by atoms with E-state index in [0.717, 1.165) is 5.56 Å². The van der Waals surface area contributed by atoms with Gasteiger partial charge in [-0.05, 0) is 42.8 Å². The normalized spacial score (nSPS) is 11.5. The molecule has 28 heavy (non-hydrogen) atoms. The van der Waals surface area contributed by atoms with Crippen LogP contribution in [-0.4, -0.2) is 16.8 Å². The van der Waals surface area contributed by atoms with E-state index in [1.54, 1.807) is 31.2 Å². The zero-order chi connectivity index (χ0) is 20.8. The molecule has 0 saturated carbocycles. The summed E-state index contributed by atoms with van der Waals surface area (Å²) in [4.78, 5) is 24.1. The highest BCUT2D eigenvalue weighted by atomic mass is 35.5. The molecular weight excluding hydrogens is 401 g/mol. The van der Waals surface area contributed by atoms with Crippen molar-refractivity contribution in [2.75, 3.05) is 10.7 Å². The van der Waals surface area contributed by atoms with Gasteiger partial charge in [-0.1, -0.05) is 36.2 Å². The number of hydrogen-bond acceptors (Lipinski definition) is 5. The number of ketones is 1. The van der Waals surface area contributed by atoms with Crippen molar-refractivity contribution in [3.63, 3.8) is 0 Å². The number of amides is 1. The van der Waals surface area contributed by atoms with Crippen molar-refractivity contribution >= 4 is 46.3 Å². The van der Waals surface area contributed by atoms with E-state index in [9.17, 15) is 14.7 Å². The number of benzene rings is 2. The monoisotopic (exact) mass is 421 g/mol. The summed E-state index contributed by atoms with van der Waals surface area (Å²) < 4.78 is 0. The van der Waals surface area contributed by atoms with Crippen LogP contribution in [0.2, 0.25) is 10.0 Å². The summed E-state index contributed by atoms with van der Waals surface area (Å²) in [5.41, 5.74) is 7.78. The smallest absolute Gasteiger partial charge is 0.255 e. The van der Waals surface area contributed by atoms with E-state index in [1.165, 1.54) is 13.0 Å². The van der Waals surface area contributed by atoms with Gasteiger partial charge in [0.15, 0.2) is 5.78 Å². The second-order valence-corrected chi connectivity index (χ2v) is 6.93. The Bertz CT molecular complexity index is 942. The van der Waals surface area contributed by atoms with Crippen molar-refractivity contribution in [2.24, 2.45) is 0 Å². The van der Waals surface area contributed by atoms with Gasteiger partial charge >= 0.3 is 0 Å². The maximum atomic E-state index is 12.5. The fraction of sp³-hybridized carbons (Fsp3) is 0.200. The highest BCUT2D eigenvalue weighted by Gasteiger charge is 2.13. The number of rotatable bonds is 7. The molecule has 0 radical (unpaired) electrons. The molecule has 0 aliphatic heterocycles. The molecule has 0 unspecified atom stereocenters. The van der Waals surface area contributed by atoms with Crippen LogP contribution in [0.25, 0.3) is 0 Å². The molecule has 0 aliphatic rings. The fourth-order valence-corrected chi connectivity index (χ4v) is 2.75. The molecule has 8 heteroatoms. The Labute approximate surface area is 173 Å². The summed E-state index contributed by atoms with van der Waals surface area (Å²) in [6.07, 6.45) is 0.305. The molecule has 4 N–H and O–H groups in total. The quantitative estimate of drug-likeness (QED) is 0.278. The first-order valence-electron chi connectivity index (χ1n) is 8.55. The van der Waals surface area contributed by atoms with E-state index in [4.69, 9.17) is 23.2 Å². The minimum absolute atomic E-state index is 0.0526. The number of halogens is 2. The number of hydrogen-bond donors (Lipinski definition) is 4. The van der Waals surface area contributed by atoms with Crippen LogP contribution in [0, 0.1) is 6.92 Å². The van der Waals surface area contributed by atoms with Crippen molar-refractivity contribution in [1.29, 1.82) is 0 Å². The number of anilines is 2. The van der Waals surface area contributed by atoms with Gasteiger partial charge in [0.25, 0.3) is 5.91 Å². The number of hydrazine groups is 1. The number of Topliss-reactive ketones (excluding diaryl/α,β-unsaturated/α-hetero) is 1. The molecule has 2 rings (SSSR count). The molecule has 0 aliphatic carbocycles. The molecular formula is C20H21Cl2N3O3. The SMILES string of the molecule is CC/C(O)=C(/NNc1ccc(C(=O)Nc2cc(Cl)ccc2C)cc1Cl)C(C)=O. The lowest BCUT2D eigenvalue weighted by atomic mass is 10.1. The number of carbonyl (C=O) groups is 2. The van der Waals surface area contributed by atoms with Crippen LogP contribution in [0.3, 0.4) is 0 Å². The van der Waals surface area contributed by atoms with Crippen LogP contribution in [0.4, 0.5) is 11.4 Å². The summed E-state index contributed by atoms with van der Waals surface area (Å²) >= 11 is 12.2. The van der Waals surface area contributed by atoms with E-state index in [-0.39, 0.29) is 28.2 Å². The third-order valence-corrected chi connectivity index (χ3v) is 4.52. The lowest BCUT2D eigenvalue weighted by Gasteiger charge is -2.14. The molecule has 0 atom stereocenters. The standard InChI is InChI=1S/C20H21Cl2N3O3/c1-4-18(27)19(12(3)26)25-24-16-8-6-13(9-15(16)22)20(28)23-17-10-14(21)7-5-11(17)2/h5-10,24-25,27H,4H2,1-3H3,(H,23,28)/b19-18-. The lowest BCUT2D eigenvalue weighted by Crippen LogP contribution is -2.27. The summed E-state index contributed by atoms with van der Waals surface area (Å²) in [5, 5.41) is 13.4. The first kappa shape index (κ1) is 21.6. The Kier molecular flexibility index (Phi) is 7.31. The first-order chi connectivity index (χ1) is 13.2. The van der Waals surface area contributed by atoms with E-state index >= 15 is 0 Å². The number of carbonyl (C=O) groups excluding carboxylic acids is 2. The van der Waals surface area contributed by atoms with Gasteiger partial charge in [-0.25, -0.2) is 0 Å². The average Bonchev–Trinajstić information content (AvgIpc) is 2.65. The third-order valence-electron chi connectivity index (χ3n) is 3.98. The molecule has 0 fully saturated rings. The molecule has 0 aromatic heterocycles. The fourth-order valence-electron chi connectivity index (χ4n) is 2.35. The predicted octanol–water partition coefficient (Wildman–Crippen LogP) is 5.24. The largest absolute Gasteiger partial charge is 0.510 e. The summed E-state index contributed by atoms with van der Waals surface area (Å²) in [6, 6.07) is 9.91. The maximum Gasteiger partial charge on any atom is 0.255 e. The van der Waals surface area contributed by atoms with E-state index in [1.807, 2.05) is 13.0 Å². The molecule has 2 aromatic rings. The molecule has 0 heterocycles. The second kappa shape index (κ2) is 9.48. The molecule has 148 valence electrons. The number of nitrogens with one attached hydrogen (secondary N) is 3. The van der Waals surface area contributed by atoms with Crippen molar-refractivity contribution in [1.82, 2.24) is 5.43 Å². The van der Waals surface area contributed by atoms with Gasteiger partial charge in [0.1, 0.15) is 11.5 Å². The van der Waals surface area contributed by atoms with Crippen LogP contribution < -0.4 is 16.2 Å². The van der Waals surface area contributed by atoms with Gasteiger partial charge in [0, 0.05) is 29.6 Å². The number of aliphatic hydroxyl groups is 1. The van der Waals surface area contributed by atoms with Crippen LogP contribution >= 0.6 is 23.2 Å². The van der Waals surface area contributed by atoms with E-state index in [2.05, 4.69) is 16.2 Å². The zero-order valence-corrected chi connectivity index (χ0v) is 17.2. The lowest BCUT2D eigenvalue weighted by molar-refractivity contribution is -0.114. The average molecular weight is 422 g/mol. The second-order valence-electron chi connectivity index (χ2n) is 6.09. The minimum atomic E-state index is -0.334. The Morgan fingerprint density at radius 2 is 1.79 bits per heavy atom. The first-order valence-corrected chi connectivity index (χ1v) is 9.30. The van der Waals surface area contributed by atoms with Crippen molar-refractivity contribution in [3.8, 4) is 0 Å². The Balaban J connectivity index is 2.14. The van der Waals surface area contributed by atoms with Gasteiger partial charge in [0.2, 0.25) is 0 Å². The highest BCUT2D eigenvalue weighted by molar-refractivity contribution is 6.33. The molecule has 6 nitrogen and oxygen atoms in total. The van der Waals surface area contributed by atoms with Gasteiger partial charge in [0.05, 0.1) is 10.7 Å². The third kappa shape index (κ3) is 5.41. The number of allylic oxidation sites excluding steroid dienone is 2. The molecule has 1 amide bonds. The van der Waals surface area contributed by atoms with Crippen molar-refractivity contribution in [2.45, 2.75) is 27.2 Å². The number of aliphatic hydroxyl groups excluding tert-OH is 1. The van der Waals surface area contributed by atoms with Crippen LogP contribution in [0.15, 0.2) is 47.9 Å². The van der Waals surface area contributed by atoms with Gasteiger partial charge in [-0.15, -0.1) is 0 Å². The topological polar surface area (TPSA) is 90.5 Å². The number of aryl methyl sites for hydroxylation is 1. The molecule has 0 spiro atoms. The van der Waals surface area contributed by atoms with Crippen LogP contribution in [0.5, 0.6) is 0 Å². The van der Waals surface area contributed by atoms with Gasteiger partial charge in [-0.3, -0.25) is 20.4 Å². The summed E-state index contributed by atoms with van der Waals surface area (Å²) in [6.45, 7) is 4.92. The minimum Gasteiger partial charge on any atom is -0.510 e. The van der Waals surface area contributed by atoms with E-state index in [0.29, 0.717) is 28.4 Å². The summed E-state index contributed by atoms with van der Waals surface area (Å²) in [7, 11) is 0. The molecule has 0 bridgehead atoms. The Hall–Kier alpha value is -2.70. The summed E-state index contributed by atoms with van der Waals surface area (Å²) in [5.74, 6) is -0.723. The Morgan fingerprint density at radius 1 is 1.07 bits per heavy atom.